The van der Waals surface area contributed by atoms with Crippen molar-refractivity contribution in [2.45, 2.75) is 24.0 Å². The van der Waals surface area contributed by atoms with Gasteiger partial charge in [-0.05, 0) is 41.1 Å². The summed E-state index contributed by atoms with van der Waals surface area (Å²) in [6.45, 7) is 0.874. The molecule has 0 aliphatic heterocycles. The second-order valence-electron chi connectivity index (χ2n) is 5.47. The Hall–Kier alpha value is -2.23. The van der Waals surface area contributed by atoms with Crippen molar-refractivity contribution in [1.82, 2.24) is 14.4 Å². The van der Waals surface area contributed by atoms with Gasteiger partial charge in [-0.15, -0.1) is 0 Å². The minimum absolute atomic E-state index is 0.201. The summed E-state index contributed by atoms with van der Waals surface area (Å²) in [4.78, 5) is 4.76. The van der Waals surface area contributed by atoms with Crippen molar-refractivity contribution < 1.29 is 26.7 Å². The summed E-state index contributed by atoms with van der Waals surface area (Å²) in [6, 6.07) is 5.48. The highest BCUT2D eigenvalue weighted by molar-refractivity contribution is 9.09. The average molecular weight is 436 g/mol. The molecule has 0 amide bonds. The molecule has 4 nitrogen and oxygen atoms in total. The van der Waals surface area contributed by atoms with Crippen LogP contribution in [0.5, 0.6) is 5.88 Å². The van der Waals surface area contributed by atoms with E-state index in [4.69, 9.17) is 4.74 Å². The standard InChI is InChI=1S/C16H11BrF5N3O/c1-9(16(20,21)22)26-14-5-2-10(6-24-14)12-8-25-11(7-23-12)3-4-13(25)15(17,18)19/h2-9H,1H3/t9-/m1/s1. The molecule has 3 aromatic heterocycles. The van der Waals surface area contributed by atoms with Gasteiger partial charge in [0.2, 0.25) is 5.88 Å². The summed E-state index contributed by atoms with van der Waals surface area (Å²) < 4.78 is 70.7. The van der Waals surface area contributed by atoms with E-state index < -0.39 is 17.1 Å². The second kappa shape index (κ2) is 6.49. The molecule has 0 aromatic carbocycles. The van der Waals surface area contributed by atoms with E-state index in [0.717, 1.165) is 6.92 Å². The van der Waals surface area contributed by atoms with Crippen LogP contribution in [-0.2, 0) is 4.83 Å². The highest BCUT2D eigenvalue weighted by Gasteiger charge is 2.38. The molecule has 0 unspecified atom stereocenters. The first-order valence-electron chi connectivity index (χ1n) is 7.30. The highest BCUT2D eigenvalue weighted by atomic mass is 79.9. The Labute approximate surface area is 152 Å². The van der Waals surface area contributed by atoms with Crippen molar-refractivity contribution in [2.75, 3.05) is 0 Å². The lowest BCUT2D eigenvalue weighted by molar-refractivity contribution is -0.189. The average Bonchev–Trinajstić information content (AvgIpc) is 2.98. The van der Waals surface area contributed by atoms with E-state index in [1.807, 2.05) is 0 Å². The lowest BCUT2D eigenvalue weighted by Crippen LogP contribution is -2.31. The maximum Gasteiger partial charge on any atom is 0.425 e. The van der Waals surface area contributed by atoms with Crippen LogP contribution in [0.4, 0.5) is 22.0 Å². The monoisotopic (exact) mass is 435 g/mol. The molecular formula is C16H11BrF5N3O. The van der Waals surface area contributed by atoms with E-state index in [1.54, 1.807) is 0 Å². The SMILES string of the molecule is C[C@@H](Oc1ccc(-c2cn3c(C(F)(F)Br)ccc3cn2)cn1)C(F)(F)F. The molecular weight excluding hydrogens is 425 g/mol. The molecule has 0 saturated heterocycles. The molecule has 0 N–H and O–H groups in total. The highest BCUT2D eigenvalue weighted by Crippen LogP contribution is 2.36. The molecule has 0 aliphatic rings. The van der Waals surface area contributed by atoms with Crippen molar-refractivity contribution >= 4 is 21.4 Å². The topological polar surface area (TPSA) is 39.4 Å². The number of rotatable bonds is 4. The maximum atomic E-state index is 13.6. The van der Waals surface area contributed by atoms with Gasteiger partial charge < -0.3 is 9.14 Å². The first kappa shape index (κ1) is 18.6. The Morgan fingerprint density at radius 1 is 1.04 bits per heavy atom. The minimum atomic E-state index is -4.50. The van der Waals surface area contributed by atoms with Gasteiger partial charge in [-0.25, -0.2) is 4.98 Å². The Balaban J connectivity index is 1.90. The normalized spacial score (nSPS) is 13.8. The van der Waals surface area contributed by atoms with Crippen molar-refractivity contribution in [3.05, 3.63) is 48.5 Å². The third kappa shape index (κ3) is 3.79. The van der Waals surface area contributed by atoms with Gasteiger partial charge in [-0.3, -0.25) is 4.98 Å². The van der Waals surface area contributed by atoms with Gasteiger partial charge in [0.15, 0.2) is 6.10 Å². The number of pyridine rings is 1. The second-order valence-corrected chi connectivity index (χ2v) is 6.47. The van der Waals surface area contributed by atoms with E-state index in [9.17, 15) is 22.0 Å². The van der Waals surface area contributed by atoms with Crippen LogP contribution < -0.4 is 4.74 Å². The van der Waals surface area contributed by atoms with Gasteiger partial charge >= 0.3 is 11.0 Å². The predicted octanol–water partition coefficient (Wildman–Crippen LogP) is 5.17. The molecule has 0 radical (unpaired) electrons. The molecule has 138 valence electrons. The Kier molecular flexibility index (Phi) is 4.63. The smallest absolute Gasteiger partial charge is 0.425 e. The van der Waals surface area contributed by atoms with E-state index in [1.165, 1.54) is 47.3 Å². The fraction of sp³-hybridized carbons (Fsp3) is 0.250. The molecule has 0 aliphatic carbocycles. The number of hydrogen-bond donors (Lipinski definition) is 0. The van der Waals surface area contributed by atoms with Crippen LogP contribution in [0.3, 0.4) is 0 Å². The zero-order valence-corrected chi connectivity index (χ0v) is 14.7. The Bertz CT molecular complexity index is 918. The third-order valence-electron chi connectivity index (χ3n) is 3.62. The summed E-state index contributed by atoms with van der Waals surface area (Å²) in [5, 5.41) is 0. The minimum Gasteiger partial charge on any atom is -0.465 e. The largest absolute Gasteiger partial charge is 0.465 e. The van der Waals surface area contributed by atoms with Crippen molar-refractivity contribution in [3.8, 4) is 17.1 Å². The van der Waals surface area contributed by atoms with Crippen LogP contribution in [0.25, 0.3) is 16.8 Å². The number of aromatic nitrogens is 3. The van der Waals surface area contributed by atoms with Crippen LogP contribution in [0.1, 0.15) is 12.6 Å². The Morgan fingerprint density at radius 2 is 1.77 bits per heavy atom. The molecule has 0 spiro atoms. The van der Waals surface area contributed by atoms with Crippen LogP contribution in [0.2, 0.25) is 0 Å². The zero-order valence-electron chi connectivity index (χ0n) is 13.1. The number of fused-ring (bicyclic) bond motifs is 1. The molecule has 0 bridgehead atoms. The molecule has 3 aromatic rings. The first-order valence-corrected chi connectivity index (χ1v) is 8.09. The fourth-order valence-electron chi connectivity index (χ4n) is 2.23. The summed E-state index contributed by atoms with van der Waals surface area (Å²) >= 11 is 2.32. The summed E-state index contributed by atoms with van der Waals surface area (Å²) in [6.07, 6.45) is -2.43. The number of halogens is 6. The number of hydrogen-bond acceptors (Lipinski definition) is 3. The summed E-state index contributed by atoms with van der Waals surface area (Å²) in [5.74, 6) is -0.201. The number of ether oxygens (including phenoxy) is 1. The lowest BCUT2D eigenvalue weighted by atomic mass is 10.2. The van der Waals surface area contributed by atoms with Crippen LogP contribution in [0.15, 0.2) is 42.9 Å². The molecule has 0 saturated carbocycles. The van der Waals surface area contributed by atoms with Gasteiger partial charge in [0, 0.05) is 24.0 Å². The number of nitrogens with zero attached hydrogens (tertiary/aromatic N) is 3. The van der Waals surface area contributed by atoms with Crippen molar-refractivity contribution in [1.29, 1.82) is 0 Å². The molecule has 1 atom stereocenters. The van der Waals surface area contributed by atoms with E-state index >= 15 is 0 Å². The van der Waals surface area contributed by atoms with Crippen LogP contribution in [0, 0.1) is 0 Å². The zero-order chi connectivity index (χ0) is 19.1. The Morgan fingerprint density at radius 3 is 2.35 bits per heavy atom. The molecule has 26 heavy (non-hydrogen) atoms. The summed E-state index contributed by atoms with van der Waals surface area (Å²) in [7, 11) is 0. The molecule has 10 heteroatoms. The third-order valence-corrected chi connectivity index (χ3v) is 4.02. The van der Waals surface area contributed by atoms with Gasteiger partial charge in [-0.2, -0.15) is 22.0 Å². The van der Waals surface area contributed by atoms with E-state index in [2.05, 4.69) is 25.9 Å². The quantitative estimate of drug-likeness (QED) is 0.419. The molecule has 0 fully saturated rings. The van der Waals surface area contributed by atoms with Crippen LogP contribution in [-0.4, -0.2) is 26.6 Å². The van der Waals surface area contributed by atoms with Gasteiger partial charge in [0.25, 0.3) is 0 Å². The fourth-order valence-corrected chi connectivity index (χ4v) is 2.56. The van der Waals surface area contributed by atoms with Gasteiger partial charge in [0.1, 0.15) is 5.69 Å². The molecule has 3 heterocycles. The number of alkyl halides is 6. The van der Waals surface area contributed by atoms with Gasteiger partial charge in [0.05, 0.1) is 17.4 Å². The summed E-state index contributed by atoms with van der Waals surface area (Å²) in [5.41, 5.74) is 0.962. The first-order chi connectivity index (χ1) is 12.1. The molecule has 3 rings (SSSR count). The van der Waals surface area contributed by atoms with Crippen molar-refractivity contribution in [2.24, 2.45) is 0 Å². The van der Waals surface area contributed by atoms with Crippen LogP contribution >= 0.6 is 15.9 Å². The van der Waals surface area contributed by atoms with Crippen molar-refractivity contribution in [3.63, 3.8) is 0 Å². The lowest BCUT2D eigenvalue weighted by Gasteiger charge is -2.16. The van der Waals surface area contributed by atoms with E-state index in [-0.39, 0.29) is 11.6 Å². The van der Waals surface area contributed by atoms with Gasteiger partial charge in [-0.1, -0.05) is 0 Å². The van der Waals surface area contributed by atoms with E-state index in [0.29, 0.717) is 16.8 Å². The predicted molar refractivity (Wildman–Crippen MR) is 87.4 cm³/mol. The maximum absolute atomic E-state index is 13.6.